The summed E-state index contributed by atoms with van der Waals surface area (Å²) in [5, 5.41) is 7.67. The molecule has 2 heterocycles. The number of carbonyl (C=O) groups excluding carboxylic acids is 1. The van der Waals surface area contributed by atoms with E-state index >= 15 is 0 Å². The molecule has 3 aromatic rings. The van der Waals surface area contributed by atoms with E-state index in [0.29, 0.717) is 18.2 Å². The van der Waals surface area contributed by atoms with Gasteiger partial charge in [-0.15, -0.1) is 11.8 Å². The van der Waals surface area contributed by atoms with Crippen molar-refractivity contribution >= 4 is 29.0 Å². The number of rotatable bonds is 7. The Hall–Kier alpha value is -2.11. The van der Waals surface area contributed by atoms with Crippen molar-refractivity contribution in [1.82, 2.24) is 10.3 Å². The first-order valence-corrected chi connectivity index (χ1v) is 10.4. The summed E-state index contributed by atoms with van der Waals surface area (Å²) >= 11 is 3.48. The number of pyridine rings is 1. The Labute approximate surface area is 162 Å². The number of amides is 1. The van der Waals surface area contributed by atoms with Gasteiger partial charge in [-0.3, -0.25) is 9.78 Å². The molecule has 0 aliphatic rings. The van der Waals surface area contributed by atoms with Gasteiger partial charge in [0.2, 0.25) is 5.91 Å². The number of nitrogens with one attached hydrogen (secondary N) is 1. The van der Waals surface area contributed by atoms with E-state index in [9.17, 15) is 4.79 Å². The lowest BCUT2D eigenvalue weighted by molar-refractivity contribution is -0.120. The highest BCUT2D eigenvalue weighted by Crippen LogP contribution is 2.23. The van der Waals surface area contributed by atoms with E-state index in [1.807, 2.05) is 41.4 Å². The first kappa shape index (κ1) is 18.7. The molecule has 3 nitrogen and oxygen atoms in total. The highest BCUT2D eigenvalue weighted by atomic mass is 32.2. The molecule has 1 aromatic carbocycles. The summed E-state index contributed by atoms with van der Waals surface area (Å²) in [6, 6.07) is 14.3. The fraction of sp³-hybridized carbons (Fsp3) is 0.238. The molecule has 0 aliphatic carbocycles. The van der Waals surface area contributed by atoms with Gasteiger partial charge < -0.3 is 5.32 Å². The fourth-order valence-electron chi connectivity index (χ4n) is 2.56. The van der Waals surface area contributed by atoms with Crippen molar-refractivity contribution in [3.05, 3.63) is 70.5 Å². The van der Waals surface area contributed by atoms with Crippen LogP contribution in [-0.2, 0) is 17.8 Å². The lowest BCUT2D eigenvalue weighted by Gasteiger charge is -2.08. The van der Waals surface area contributed by atoms with Crippen LogP contribution in [0.15, 0.2) is 64.3 Å². The fourth-order valence-corrected chi connectivity index (χ4v) is 4.05. The van der Waals surface area contributed by atoms with Gasteiger partial charge >= 0.3 is 0 Å². The Morgan fingerprint density at radius 2 is 1.96 bits per heavy atom. The summed E-state index contributed by atoms with van der Waals surface area (Å²) < 4.78 is 0. The molecule has 0 atom stereocenters. The number of thiophene rings is 1. The maximum absolute atomic E-state index is 12.2. The van der Waals surface area contributed by atoms with Crippen LogP contribution < -0.4 is 5.32 Å². The van der Waals surface area contributed by atoms with E-state index in [0.717, 1.165) is 22.4 Å². The van der Waals surface area contributed by atoms with Crippen LogP contribution in [0, 0.1) is 0 Å². The minimum Gasteiger partial charge on any atom is -0.352 e. The van der Waals surface area contributed by atoms with Crippen LogP contribution in [0.2, 0.25) is 0 Å². The maximum Gasteiger partial charge on any atom is 0.224 e. The molecule has 0 saturated heterocycles. The zero-order valence-electron chi connectivity index (χ0n) is 14.9. The highest BCUT2D eigenvalue weighted by Gasteiger charge is 2.06. The molecule has 0 radical (unpaired) electrons. The number of aromatic nitrogens is 1. The third-order valence-corrected chi connectivity index (χ3v) is 5.49. The van der Waals surface area contributed by atoms with Gasteiger partial charge in [-0.05, 0) is 46.8 Å². The van der Waals surface area contributed by atoms with Gasteiger partial charge in [-0.25, -0.2) is 0 Å². The Morgan fingerprint density at radius 1 is 1.15 bits per heavy atom. The Morgan fingerprint density at radius 3 is 2.65 bits per heavy atom. The second kappa shape index (κ2) is 9.01. The summed E-state index contributed by atoms with van der Waals surface area (Å²) in [6.45, 7) is 4.86. The van der Waals surface area contributed by atoms with E-state index in [4.69, 9.17) is 0 Å². The molecule has 5 heteroatoms. The van der Waals surface area contributed by atoms with Gasteiger partial charge in [0.25, 0.3) is 0 Å². The number of nitrogens with zero attached hydrogens (tertiary/aromatic N) is 1. The molecule has 0 bridgehead atoms. The van der Waals surface area contributed by atoms with Gasteiger partial charge in [-0.1, -0.05) is 26.0 Å². The summed E-state index contributed by atoms with van der Waals surface area (Å²) in [7, 11) is 0. The molecule has 2 aromatic heterocycles. The third-order valence-electron chi connectivity index (χ3n) is 3.79. The van der Waals surface area contributed by atoms with Crippen molar-refractivity contribution in [3.63, 3.8) is 0 Å². The first-order chi connectivity index (χ1) is 12.6. The smallest absolute Gasteiger partial charge is 0.224 e. The van der Waals surface area contributed by atoms with Gasteiger partial charge in [0.15, 0.2) is 0 Å². The van der Waals surface area contributed by atoms with E-state index in [1.54, 1.807) is 17.5 Å². The number of hydrogen-bond acceptors (Lipinski definition) is 4. The Kier molecular flexibility index (Phi) is 6.47. The van der Waals surface area contributed by atoms with E-state index in [1.165, 1.54) is 4.90 Å². The average molecular weight is 383 g/mol. The van der Waals surface area contributed by atoms with Gasteiger partial charge in [0.05, 0.1) is 12.1 Å². The number of carbonyl (C=O) groups is 1. The van der Waals surface area contributed by atoms with Gasteiger partial charge in [0.1, 0.15) is 0 Å². The molecular formula is C21H22N2OS2. The van der Waals surface area contributed by atoms with Crippen molar-refractivity contribution in [3.8, 4) is 11.3 Å². The molecule has 26 heavy (non-hydrogen) atoms. The van der Waals surface area contributed by atoms with Gasteiger partial charge in [0, 0.05) is 33.8 Å². The molecular weight excluding hydrogens is 360 g/mol. The summed E-state index contributed by atoms with van der Waals surface area (Å²) in [5.74, 6) is 0.0307. The number of hydrogen-bond donors (Lipinski definition) is 1. The van der Waals surface area contributed by atoms with E-state index in [2.05, 4.69) is 47.7 Å². The lowest BCUT2D eigenvalue weighted by atomic mass is 10.1. The summed E-state index contributed by atoms with van der Waals surface area (Å²) in [6.07, 6.45) is 2.19. The Bertz CT molecular complexity index is 843. The first-order valence-electron chi connectivity index (χ1n) is 8.60. The molecule has 0 spiro atoms. The second-order valence-corrected chi connectivity index (χ2v) is 8.76. The zero-order valence-corrected chi connectivity index (χ0v) is 16.6. The minimum absolute atomic E-state index is 0.0307. The van der Waals surface area contributed by atoms with E-state index in [-0.39, 0.29) is 5.91 Å². The number of benzene rings is 1. The van der Waals surface area contributed by atoms with Crippen LogP contribution in [0.3, 0.4) is 0 Å². The minimum atomic E-state index is 0.0307. The topological polar surface area (TPSA) is 42.0 Å². The normalized spacial score (nSPS) is 10.9. The maximum atomic E-state index is 12.2. The lowest BCUT2D eigenvalue weighted by Crippen LogP contribution is -2.24. The summed E-state index contributed by atoms with van der Waals surface area (Å²) in [5.41, 5.74) is 4.14. The monoisotopic (exact) mass is 382 g/mol. The molecule has 0 fully saturated rings. The Balaban J connectivity index is 1.53. The van der Waals surface area contributed by atoms with Crippen LogP contribution in [-0.4, -0.2) is 16.1 Å². The predicted molar refractivity (Wildman–Crippen MR) is 111 cm³/mol. The second-order valence-electron chi connectivity index (χ2n) is 6.33. The third kappa shape index (κ3) is 5.44. The molecule has 0 unspecified atom stereocenters. The van der Waals surface area contributed by atoms with Crippen LogP contribution in [0.5, 0.6) is 0 Å². The summed E-state index contributed by atoms with van der Waals surface area (Å²) in [4.78, 5) is 17.9. The zero-order chi connectivity index (χ0) is 18.4. The van der Waals surface area contributed by atoms with Crippen LogP contribution in [0.1, 0.15) is 25.0 Å². The van der Waals surface area contributed by atoms with Crippen molar-refractivity contribution < 1.29 is 4.79 Å². The van der Waals surface area contributed by atoms with Crippen LogP contribution >= 0.6 is 23.1 Å². The van der Waals surface area contributed by atoms with Crippen molar-refractivity contribution in [1.29, 1.82) is 0 Å². The van der Waals surface area contributed by atoms with Crippen molar-refractivity contribution in [2.75, 3.05) is 0 Å². The van der Waals surface area contributed by atoms with Gasteiger partial charge in [-0.2, -0.15) is 11.3 Å². The average Bonchev–Trinajstić information content (AvgIpc) is 3.16. The van der Waals surface area contributed by atoms with E-state index < -0.39 is 0 Å². The molecule has 1 N–H and O–H groups in total. The molecule has 134 valence electrons. The van der Waals surface area contributed by atoms with Crippen molar-refractivity contribution in [2.24, 2.45) is 0 Å². The largest absolute Gasteiger partial charge is 0.352 e. The van der Waals surface area contributed by atoms with Crippen molar-refractivity contribution in [2.45, 2.75) is 37.0 Å². The SMILES string of the molecule is CC(C)Sc1ccc(CC(=O)NCc2ccnc(-c3ccsc3)c2)cc1. The van der Waals surface area contributed by atoms with Crippen LogP contribution in [0.4, 0.5) is 0 Å². The predicted octanol–water partition coefficient (Wildman–Crippen LogP) is 5.17. The molecule has 1 amide bonds. The van der Waals surface area contributed by atoms with Crippen LogP contribution in [0.25, 0.3) is 11.3 Å². The molecule has 0 saturated carbocycles. The molecule has 3 rings (SSSR count). The molecule has 0 aliphatic heterocycles. The quantitative estimate of drug-likeness (QED) is 0.573. The highest BCUT2D eigenvalue weighted by molar-refractivity contribution is 7.99. The standard InChI is InChI=1S/C21H22N2OS2/c1-15(2)26-19-5-3-16(4-6-19)12-21(24)23-13-17-7-9-22-20(11-17)18-8-10-25-14-18/h3-11,14-15H,12-13H2,1-2H3,(H,23,24). The number of thioether (sulfide) groups is 1.